The summed E-state index contributed by atoms with van der Waals surface area (Å²) in [6, 6.07) is 7.38. The van der Waals surface area contributed by atoms with E-state index in [1.165, 1.54) is 48.8 Å². The number of benzene rings is 1. The fourth-order valence-corrected chi connectivity index (χ4v) is 2.22. The highest BCUT2D eigenvalue weighted by Gasteiger charge is 2.24. The molecule has 1 atom stereocenters. The number of nitrogens with zero attached hydrogens (tertiary/aromatic N) is 1. The van der Waals surface area contributed by atoms with Crippen LogP contribution in [0, 0.1) is 0 Å². The third-order valence-electron chi connectivity index (χ3n) is 3.64. The van der Waals surface area contributed by atoms with Crippen LogP contribution in [0.1, 0.15) is 27.1 Å². The van der Waals surface area contributed by atoms with E-state index in [1.54, 1.807) is 0 Å². The monoisotopic (exact) mass is 398 g/mol. The van der Waals surface area contributed by atoms with E-state index in [-0.39, 0.29) is 11.1 Å². The van der Waals surface area contributed by atoms with Crippen LogP contribution in [0.4, 0.5) is 5.69 Å². The van der Waals surface area contributed by atoms with Gasteiger partial charge in [0, 0.05) is 29.2 Å². The number of nitrogens with one attached hydrogen (secondary N) is 4. The average Bonchev–Trinajstić information content (AvgIpc) is 2.72. The first-order chi connectivity index (χ1) is 13.9. The van der Waals surface area contributed by atoms with Crippen LogP contribution in [-0.4, -0.2) is 41.1 Å². The molecule has 0 aliphatic heterocycles. The smallest absolute Gasteiger partial charge is 0.269 e. The Bertz CT molecular complexity index is 901. The van der Waals surface area contributed by atoms with Crippen LogP contribution < -0.4 is 27.2 Å². The van der Waals surface area contributed by atoms with Gasteiger partial charge in [0.2, 0.25) is 12.3 Å². The van der Waals surface area contributed by atoms with Gasteiger partial charge in [-0.3, -0.25) is 39.8 Å². The molecule has 2 aromatic rings. The second-order valence-corrected chi connectivity index (χ2v) is 5.72. The molecule has 0 aliphatic rings. The fourth-order valence-electron chi connectivity index (χ4n) is 2.22. The Hall–Kier alpha value is -4.28. The first kappa shape index (κ1) is 21.0. The van der Waals surface area contributed by atoms with Crippen molar-refractivity contribution >= 4 is 35.7 Å². The van der Waals surface area contributed by atoms with Crippen LogP contribution in [0.15, 0.2) is 48.8 Å². The maximum Gasteiger partial charge on any atom is 0.269 e. The standard InChI is InChI=1S/C18H18N6O5/c19-15(26)9-14(18(29)24-23-17(28)12-5-7-20-8-6-12)22-16(27)11-1-3-13(4-2-11)21-10-25/h1-8,10,14H,9H2,(H2,19,26)(H,21,25)(H,22,27)(H,23,28)(H,24,29). The number of nitrogens with two attached hydrogens (primary N) is 1. The number of carbonyl (C=O) groups is 5. The predicted octanol–water partition coefficient (Wildman–Crippen LogP) is -0.915. The minimum atomic E-state index is -1.31. The molecule has 150 valence electrons. The van der Waals surface area contributed by atoms with Gasteiger partial charge in [-0.25, -0.2) is 0 Å². The molecule has 1 aromatic heterocycles. The Morgan fingerprint density at radius 2 is 1.55 bits per heavy atom. The van der Waals surface area contributed by atoms with Crippen molar-refractivity contribution in [2.75, 3.05) is 5.32 Å². The lowest BCUT2D eigenvalue weighted by atomic mass is 10.1. The fraction of sp³-hybridized carbons (Fsp3) is 0.111. The van der Waals surface area contributed by atoms with Crippen LogP contribution >= 0.6 is 0 Å². The molecule has 0 aliphatic carbocycles. The average molecular weight is 398 g/mol. The van der Waals surface area contributed by atoms with Crippen LogP contribution in [0.3, 0.4) is 0 Å². The van der Waals surface area contributed by atoms with Crippen LogP contribution in [0.5, 0.6) is 0 Å². The highest BCUT2D eigenvalue weighted by molar-refractivity contribution is 6.00. The van der Waals surface area contributed by atoms with E-state index in [1.807, 2.05) is 0 Å². The van der Waals surface area contributed by atoms with E-state index in [0.717, 1.165) is 0 Å². The van der Waals surface area contributed by atoms with Crippen molar-refractivity contribution in [2.45, 2.75) is 12.5 Å². The minimum absolute atomic E-state index is 0.185. The van der Waals surface area contributed by atoms with Crippen LogP contribution in [-0.2, 0) is 14.4 Å². The summed E-state index contributed by atoms with van der Waals surface area (Å²) in [5.41, 5.74) is 10.4. The number of hydrogen-bond acceptors (Lipinski definition) is 6. The molecule has 0 spiro atoms. The largest absolute Gasteiger partial charge is 0.370 e. The molecule has 0 saturated heterocycles. The summed E-state index contributed by atoms with van der Waals surface area (Å²) in [6.07, 6.45) is 2.82. The van der Waals surface area contributed by atoms with Crippen LogP contribution in [0.2, 0.25) is 0 Å². The molecule has 0 bridgehead atoms. The minimum Gasteiger partial charge on any atom is -0.370 e. The van der Waals surface area contributed by atoms with Gasteiger partial charge >= 0.3 is 0 Å². The SMILES string of the molecule is NC(=O)CC(NC(=O)c1ccc(NC=O)cc1)C(=O)NNC(=O)c1ccncc1. The van der Waals surface area contributed by atoms with E-state index in [0.29, 0.717) is 12.1 Å². The third kappa shape index (κ3) is 6.43. The quantitative estimate of drug-likeness (QED) is 0.284. The molecule has 2 rings (SSSR count). The van der Waals surface area contributed by atoms with E-state index in [2.05, 4.69) is 26.5 Å². The molecule has 1 aromatic carbocycles. The van der Waals surface area contributed by atoms with Crippen molar-refractivity contribution < 1.29 is 24.0 Å². The molecule has 1 heterocycles. The van der Waals surface area contributed by atoms with Gasteiger partial charge in [-0.2, -0.15) is 0 Å². The highest BCUT2D eigenvalue weighted by Crippen LogP contribution is 2.09. The van der Waals surface area contributed by atoms with E-state index in [9.17, 15) is 24.0 Å². The van der Waals surface area contributed by atoms with Gasteiger partial charge in [-0.05, 0) is 36.4 Å². The van der Waals surface area contributed by atoms with Crippen molar-refractivity contribution in [3.05, 3.63) is 59.9 Å². The van der Waals surface area contributed by atoms with Gasteiger partial charge in [0.1, 0.15) is 6.04 Å². The molecule has 0 fully saturated rings. The first-order valence-corrected chi connectivity index (χ1v) is 8.30. The Kier molecular flexibility index (Phi) is 7.36. The van der Waals surface area contributed by atoms with Crippen LogP contribution in [0.25, 0.3) is 0 Å². The lowest BCUT2D eigenvalue weighted by molar-refractivity contribution is -0.127. The zero-order chi connectivity index (χ0) is 21.2. The topological polar surface area (TPSA) is 172 Å². The summed E-state index contributed by atoms with van der Waals surface area (Å²) in [5.74, 6) is -2.91. The number of aromatic nitrogens is 1. The van der Waals surface area contributed by atoms with Gasteiger partial charge in [0.05, 0.1) is 6.42 Å². The van der Waals surface area contributed by atoms with Crippen molar-refractivity contribution in [3.63, 3.8) is 0 Å². The van der Waals surface area contributed by atoms with Gasteiger partial charge in [0.25, 0.3) is 17.7 Å². The number of rotatable bonds is 8. The van der Waals surface area contributed by atoms with Gasteiger partial charge < -0.3 is 16.4 Å². The summed E-state index contributed by atoms with van der Waals surface area (Å²) in [5, 5.41) is 4.79. The lowest BCUT2D eigenvalue weighted by Crippen LogP contribution is -2.53. The molecule has 29 heavy (non-hydrogen) atoms. The number of hydrogen-bond donors (Lipinski definition) is 5. The number of primary amides is 1. The Morgan fingerprint density at radius 3 is 2.14 bits per heavy atom. The number of hydrazine groups is 1. The molecular weight excluding hydrogens is 380 g/mol. The molecule has 0 saturated carbocycles. The zero-order valence-electron chi connectivity index (χ0n) is 15.0. The van der Waals surface area contributed by atoms with Crippen molar-refractivity contribution in [3.8, 4) is 0 Å². The summed E-state index contributed by atoms with van der Waals surface area (Å²) < 4.78 is 0. The molecule has 1 unspecified atom stereocenters. The molecule has 6 N–H and O–H groups in total. The van der Waals surface area contributed by atoms with Gasteiger partial charge in [-0.1, -0.05) is 0 Å². The maximum atomic E-state index is 12.3. The maximum absolute atomic E-state index is 12.3. The summed E-state index contributed by atoms with van der Waals surface area (Å²) in [7, 11) is 0. The predicted molar refractivity (Wildman–Crippen MR) is 101 cm³/mol. The van der Waals surface area contributed by atoms with Gasteiger partial charge in [-0.15, -0.1) is 0 Å². The van der Waals surface area contributed by atoms with Crippen molar-refractivity contribution in [1.29, 1.82) is 0 Å². The second-order valence-electron chi connectivity index (χ2n) is 5.72. The number of carbonyl (C=O) groups excluding carboxylic acids is 5. The third-order valence-corrected chi connectivity index (χ3v) is 3.64. The lowest BCUT2D eigenvalue weighted by Gasteiger charge is -2.17. The zero-order valence-corrected chi connectivity index (χ0v) is 15.0. The first-order valence-electron chi connectivity index (χ1n) is 8.30. The molecule has 5 amide bonds. The van der Waals surface area contributed by atoms with Crippen molar-refractivity contribution in [1.82, 2.24) is 21.2 Å². The second kappa shape index (κ2) is 10.2. The summed E-state index contributed by atoms with van der Waals surface area (Å²) in [6.45, 7) is 0. The van der Waals surface area contributed by atoms with E-state index in [4.69, 9.17) is 5.73 Å². The summed E-state index contributed by atoms with van der Waals surface area (Å²) in [4.78, 5) is 62.1. The number of amides is 5. The Labute approximate surface area is 165 Å². The number of anilines is 1. The van der Waals surface area contributed by atoms with Gasteiger partial charge in [0.15, 0.2) is 0 Å². The molecule has 0 radical (unpaired) electrons. The highest BCUT2D eigenvalue weighted by atomic mass is 16.2. The molecule has 11 heteroatoms. The molecular formula is C18H18N6O5. The van der Waals surface area contributed by atoms with E-state index >= 15 is 0 Å². The van der Waals surface area contributed by atoms with Crippen molar-refractivity contribution in [2.24, 2.45) is 5.73 Å². The normalized spacial score (nSPS) is 10.9. The molecule has 11 nitrogen and oxygen atoms in total. The van der Waals surface area contributed by atoms with E-state index < -0.39 is 36.1 Å². The number of pyridine rings is 1. The summed E-state index contributed by atoms with van der Waals surface area (Å²) >= 11 is 0. The Balaban J connectivity index is 2.00. The Morgan fingerprint density at radius 1 is 0.931 bits per heavy atom.